The van der Waals surface area contributed by atoms with E-state index in [0.717, 1.165) is 26.8 Å². The van der Waals surface area contributed by atoms with Gasteiger partial charge in [0.1, 0.15) is 6.54 Å². The summed E-state index contributed by atoms with van der Waals surface area (Å²) in [5, 5.41) is 14.3. The van der Waals surface area contributed by atoms with E-state index in [1.54, 1.807) is 6.07 Å². The van der Waals surface area contributed by atoms with Crippen LogP contribution in [0.25, 0.3) is 0 Å². The van der Waals surface area contributed by atoms with Crippen molar-refractivity contribution in [1.82, 2.24) is 0 Å². The largest absolute Gasteiger partial charge is 0.379 e. The fraction of sp³-hybridized carbons (Fsp3) is 0.538. The molecule has 0 radical (unpaired) electrons. The number of quaternary nitrogens is 1. The van der Waals surface area contributed by atoms with Gasteiger partial charge in [0.25, 0.3) is 0 Å². The van der Waals surface area contributed by atoms with Crippen molar-refractivity contribution >= 4 is 33.2 Å². The van der Waals surface area contributed by atoms with Gasteiger partial charge in [0.2, 0.25) is 5.79 Å². The summed E-state index contributed by atoms with van der Waals surface area (Å²) in [7, 11) is 6.26. The molecule has 2 rings (SSSR count). The first-order chi connectivity index (χ1) is 8.71. The van der Waals surface area contributed by atoms with E-state index in [1.807, 2.05) is 6.07 Å². The minimum Gasteiger partial charge on any atom is -0.379 e. The van der Waals surface area contributed by atoms with Crippen LogP contribution in [0.15, 0.2) is 16.6 Å². The third kappa shape index (κ3) is 3.41. The van der Waals surface area contributed by atoms with Crippen LogP contribution in [-0.2, 0) is 10.5 Å². The summed E-state index contributed by atoms with van der Waals surface area (Å²) in [5.41, 5.74) is 1.55. The van der Waals surface area contributed by atoms with Gasteiger partial charge >= 0.3 is 0 Å². The van der Waals surface area contributed by atoms with Crippen molar-refractivity contribution in [2.45, 2.75) is 5.79 Å². The number of fused-ring (bicyclic) bond motifs is 1. The molecular formula is C13H19BrClN2O2+. The highest BCUT2D eigenvalue weighted by atomic mass is 79.9. The van der Waals surface area contributed by atoms with Crippen LogP contribution in [0, 0.1) is 0 Å². The average Bonchev–Trinajstić information content (AvgIpc) is 2.56. The SMILES string of the molecule is C[N+](C)(C)CCOC1(O)CNc2cc(Cl)c(Br)cc21. The van der Waals surface area contributed by atoms with Crippen LogP contribution in [0.2, 0.25) is 5.02 Å². The fourth-order valence-electron chi connectivity index (χ4n) is 1.94. The van der Waals surface area contributed by atoms with Crippen molar-refractivity contribution in [3.63, 3.8) is 0 Å². The summed E-state index contributed by atoms with van der Waals surface area (Å²) in [4.78, 5) is 0. The first-order valence-electron chi connectivity index (χ1n) is 6.11. The Labute approximate surface area is 127 Å². The smallest absolute Gasteiger partial charge is 0.212 e. The molecule has 0 amide bonds. The number of rotatable bonds is 4. The molecule has 1 atom stereocenters. The van der Waals surface area contributed by atoms with Gasteiger partial charge in [0.05, 0.1) is 39.3 Å². The molecule has 4 nitrogen and oxygen atoms in total. The lowest BCUT2D eigenvalue weighted by molar-refractivity contribution is -0.871. The van der Waals surface area contributed by atoms with Crippen LogP contribution in [-0.4, -0.2) is 50.4 Å². The number of halogens is 2. The molecule has 1 aliphatic rings. The topological polar surface area (TPSA) is 41.5 Å². The zero-order chi connectivity index (χ0) is 14.3. The molecule has 1 aliphatic heterocycles. The normalized spacial score (nSPS) is 22.2. The highest BCUT2D eigenvalue weighted by Crippen LogP contribution is 2.40. The van der Waals surface area contributed by atoms with Gasteiger partial charge in [-0.25, -0.2) is 0 Å². The third-order valence-corrected chi connectivity index (χ3v) is 4.30. The molecule has 2 N–H and O–H groups in total. The van der Waals surface area contributed by atoms with E-state index < -0.39 is 5.79 Å². The second-order valence-electron chi connectivity index (χ2n) is 5.81. The van der Waals surface area contributed by atoms with Crippen molar-refractivity contribution in [1.29, 1.82) is 0 Å². The summed E-state index contributed by atoms with van der Waals surface area (Å²) < 4.78 is 7.25. The van der Waals surface area contributed by atoms with Crippen LogP contribution in [0.1, 0.15) is 5.56 Å². The molecule has 1 unspecified atom stereocenters. The molecule has 0 bridgehead atoms. The van der Waals surface area contributed by atoms with E-state index in [2.05, 4.69) is 42.4 Å². The molecule has 1 aromatic rings. The number of hydrogen-bond donors (Lipinski definition) is 2. The molecule has 106 valence electrons. The van der Waals surface area contributed by atoms with E-state index >= 15 is 0 Å². The number of benzene rings is 1. The number of nitrogens with one attached hydrogen (secondary N) is 1. The molecule has 0 saturated carbocycles. The zero-order valence-corrected chi connectivity index (χ0v) is 13.7. The first-order valence-corrected chi connectivity index (χ1v) is 7.29. The molecule has 6 heteroatoms. The van der Waals surface area contributed by atoms with E-state index in [9.17, 15) is 5.11 Å². The van der Waals surface area contributed by atoms with Gasteiger partial charge in [-0.2, -0.15) is 0 Å². The summed E-state index contributed by atoms with van der Waals surface area (Å²) >= 11 is 9.41. The van der Waals surface area contributed by atoms with E-state index in [4.69, 9.17) is 16.3 Å². The molecule has 0 saturated heterocycles. The van der Waals surface area contributed by atoms with E-state index in [-0.39, 0.29) is 0 Å². The molecule has 19 heavy (non-hydrogen) atoms. The molecule has 0 aromatic heterocycles. The van der Waals surface area contributed by atoms with Gasteiger partial charge in [-0.1, -0.05) is 11.6 Å². The molecule has 0 spiro atoms. The first kappa shape index (κ1) is 15.1. The molecular weight excluding hydrogens is 332 g/mol. The maximum atomic E-state index is 10.6. The van der Waals surface area contributed by atoms with Gasteiger partial charge in [0, 0.05) is 15.7 Å². The van der Waals surface area contributed by atoms with Crippen LogP contribution in [0.5, 0.6) is 0 Å². The number of nitrogens with zero attached hydrogens (tertiary/aromatic N) is 1. The van der Waals surface area contributed by atoms with Gasteiger partial charge < -0.3 is 19.6 Å². The van der Waals surface area contributed by atoms with Gasteiger partial charge in [-0.05, 0) is 28.1 Å². The second kappa shape index (κ2) is 5.22. The molecule has 0 aliphatic carbocycles. The van der Waals surface area contributed by atoms with E-state index in [0.29, 0.717) is 18.2 Å². The Morgan fingerprint density at radius 1 is 1.47 bits per heavy atom. The highest BCUT2D eigenvalue weighted by molar-refractivity contribution is 9.10. The summed E-state index contributed by atoms with van der Waals surface area (Å²) in [6, 6.07) is 3.60. The van der Waals surface area contributed by atoms with Crippen LogP contribution in [0.4, 0.5) is 5.69 Å². The summed E-state index contributed by atoms with van der Waals surface area (Å²) in [6.45, 7) is 1.65. The number of hydrogen-bond acceptors (Lipinski definition) is 3. The molecule has 1 aromatic carbocycles. The maximum Gasteiger partial charge on any atom is 0.212 e. The van der Waals surface area contributed by atoms with Crippen LogP contribution < -0.4 is 5.32 Å². The predicted molar refractivity (Wildman–Crippen MR) is 80.4 cm³/mol. The van der Waals surface area contributed by atoms with E-state index in [1.165, 1.54) is 0 Å². The zero-order valence-electron chi connectivity index (χ0n) is 11.3. The Kier molecular flexibility index (Phi) is 4.14. The van der Waals surface area contributed by atoms with Crippen molar-refractivity contribution in [2.24, 2.45) is 0 Å². The minimum atomic E-state index is -1.28. The Balaban J connectivity index is 2.13. The minimum absolute atomic E-state index is 0.340. The average molecular weight is 351 g/mol. The van der Waals surface area contributed by atoms with Gasteiger partial charge in [-0.3, -0.25) is 0 Å². The van der Waals surface area contributed by atoms with Crippen LogP contribution >= 0.6 is 27.5 Å². The lowest BCUT2D eigenvalue weighted by Crippen LogP contribution is -2.41. The molecule has 1 heterocycles. The number of β-amino-alcohol motifs (C(OH)–C–C–N with tert-alkyl or cyclic N) is 1. The summed E-state index contributed by atoms with van der Waals surface area (Å²) in [5.74, 6) is -1.28. The lowest BCUT2D eigenvalue weighted by Gasteiger charge is -2.28. The Morgan fingerprint density at radius 3 is 2.79 bits per heavy atom. The highest BCUT2D eigenvalue weighted by Gasteiger charge is 2.39. The predicted octanol–water partition coefficient (Wildman–Crippen LogP) is 2.40. The van der Waals surface area contributed by atoms with Crippen molar-refractivity contribution in [2.75, 3.05) is 46.2 Å². The van der Waals surface area contributed by atoms with Crippen LogP contribution in [0.3, 0.4) is 0 Å². The lowest BCUT2D eigenvalue weighted by atomic mass is 10.1. The number of aliphatic hydroxyl groups is 1. The molecule has 0 fully saturated rings. The summed E-state index contributed by atoms with van der Waals surface area (Å²) in [6.07, 6.45) is 0. The monoisotopic (exact) mass is 349 g/mol. The Bertz CT molecular complexity index is 490. The van der Waals surface area contributed by atoms with Gasteiger partial charge in [0.15, 0.2) is 0 Å². The van der Waals surface area contributed by atoms with Crippen molar-refractivity contribution in [3.8, 4) is 0 Å². The Morgan fingerprint density at radius 2 is 2.16 bits per heavy atom. The number of anilines is 1. The third-order valence-electron chi connectivity index (χ3n) is 3.10. The number of ether oxygens (including phenoxy) is 1. The quantitative estimate of drug-likeness (QED) is 0.647. The maximum absolute atomic E-state index is 10.6. The fourth-order valence-corrected chi connectivity index (χ4v) is 2.45. The number of likely N-dealkylation sites (N-methyl/N-ethyl adjacent to an activating group) is 1. The Hall–Kier alpha value is -0.330. The van der Waals surface area contributed by atoms with Crippen molar-refractivity contribution < 1.29 is 14.3 Å². The second-order valence-corrected chi connectivity index (χ2v) is 7.07. The standard InChI is InChI=1S/C13H19BrClN2O2/c1-17(2,3)4-5-19-13(18)8-16-12-7-11(15)10(14)6-9(12)13/h6-7,16,18H,4-5,8H2,1-3H3/q+1. The van der Waals surface area contributed by atoms with Gasteiger partial charge in [-0.15, -0.1) is 0 Å². The van der Waals surface area contributed by atoms with Crippen molar-refractivity contribution in [3.05, 3.63) is 27.2 Å².